The Morgan fingerprint density at radius 1 is 0.938 bits per heavy atom. The second-order valence-corrected chi connectivity index (χ2v) is 9.79. The van der Waals surface area contributed by atoms with Gasteiger partial charge < -0.3 is 5.32 Å². The molecule has 164 valence electrons. The summed E-state index contributed by atoms with van der Waals surface area (Å²) in [6.45, 7) is 4.15. The van der Waals surface area contributed by atoms with Gasteiger partial charge in [0.15, 0.2) is 0 Å². The SMILES string of the molecule is Cc1cncc(C(=O)N[C@H]2CC[C@H]3C(Cc4ccc(-c5ccccc5C)cc4)CC[C@@H]23)c1. The summed E-state index contributed by atoms with van der Waals surface area (Å²) in [6.07, 6.45) is 9.44. The molecule has 3 nitrogen and oxygen atoms in total. The van der Waals surface area contributed by atoms with E-state index in [-0.39, 0.29) is 5.91 Å². The molecule has 1 heterocycles. The number of nitrogens with one attached hydrogen (secondary N) is 1. The van der Waals surface area contributed by atoms with E-state index < -0.39 is 0 Å². The summed E-state index contributed by atoms with van der Waals surface area (Å²) in [5.74, 6) is 2.11. The predicted octanol–water partition coefficient (Wildman–Crippen LogP) is 6.14. The van der Waals surface area contributed by atoms with Gasteiger partial charge in [0, 0.05) is 18.4 Å². The second-order valence-electron chi connectivity index (χ2n) is 9.79. The molecule has 1 amide bonds. The minimum absolute atomic E-state index is 0.0297. The van der Waals surface area contributed by atoms with Crippen LogP contribution in [-0.2, 0) is 6.42 Å². The smallest absolute Gasteiger partial charge is 0.253 e. The molecule has 1 aromatic heterocycles. The van der Waals surface area contributed by atoms with Gasteiger partial charge in [0.25, 0.3) is 5.91 Å². The molecule has 2 aliphatic carbocycles. The summed E-state index contributed by atoms with van der Waals surface area (Å²) in [7, 11) is 0. The van der Waals surface area contributed by atoms with E-state index in [4.69, 9.17) is 0 Å². The molecule has 1 N–H and O–H groups in total. The highest BCUT2D eigenvalue weighted by atomic mass is 16.1. The van der Waals surface area contributed by atoms with E-state index in [2.05, 4.69) is 65.8 Å². The first-order valence-electron chi connectivity index (χ1n) is 12.0. The molecule has 3 aromatic rings. The van der Waals surface area contributed by atoms with E-state index in [9.17, 15) is 4.79 Å². The minimum atomic E-state index is 0.0297. The minimum Gasteiger partial charge on any atom is -0.349 e. The van der Waals surface area contributed by atoms with Crippen LogP contribution >= 0.6 is 0 Å². The topological polar surface area (TPSA) is 42.0 Å². The number of carbonyl (C=O) groups excluding carboxylic acids is 1. The fraction of sp³-hybridized carbons (Fsp3) is 0.379. The lowest BCUT2D eigenvalue weighted by Gasteiger charge is -2.22. The number of aryl methyl sites for hydroxylation is 2. The van der Waals surface area contributed by atoms with Crippen LogP contribution in [0.3, 0.4) is 0 Å². The van der Waals surface area contributed by atoms with Crippen molar-refractivity contribution in [1.29, 1.82) is 0 Å². The molecule has 32 heavy (non-hydrogen) atoms. The molecule has 4 atom stereocenters. The average Bonchev–Trinajstić information content (AvgIpc) is 3.38. The normalized spacial score (nSPS) is 24.3. The third-order valence-electron chi connectivity index (χ3n) is 7.72. The van der Waals surface area contributed by atoms with E-state index in [1.807, 2.05) is 13.0 Å². The highest BCUT2D eigenvalue weighted by Gasteiger charge is 2.45. The molecule has 0 radical (unpaired) electrons. The zero-order valence-corrected chi connectivity index (χ0v) is 19.1. The van der Waals surface area contributed by atoms with E-state index >= 15 is 0 Å². The lowest BCUT2D eigenvalue weighted by atomic mass is 9.86. The number of nitrogens with zero attached hydrogens (tertiary/aromatic N) is 1. The zero-order chi connectivity index (χ0) is 22.1. The lowest BCUT2D eigenvalue weighted by molar-refractivity contribution is 0.0925. The number of hydrogen-bond donors (Lipinski definition) is 1. The number of fused-ring (bicyclic) bond motifs is 1. The molecule has 5 rings (SSSR count). The van der Waals surface area contributed by atoms with Gasteiger partial charge >= 0.3 is 0 Å². The van der Waals surface area contributed by atoms with Crippen LogP contribution in [0.25, 0.3) is 11.1 Å². The lowest BCUT2D eigenvalue weighted by Crippen LogP contribution is -2.37. The van der Waals surface area contributed by atoms with Crippen LogP contribution in [0.15, 0.2) is 67.0 Å². The van der Waals surface area contributed by atoms with Crippen molar-refractivity contribution < 1.29 is 4.79 Å². The van der Waals surface area contributed by atoms with E-state index in [0.29, 0.717) is 17.5 Å². The van der Waals surface area contributed by atoms with Gasteiger partial charge in [0.05, 0.1) is 5.56 Å². The maximum atomic E-state index is 12.7. The number of aromatic nitrogens is 1. The molecule has 2 aromatic carbocycles. The second kappa shape index (κ2) is 8.90. The van der Waals surface area contributed by atoms with Crippen LogP contribution in [0.2, 0.25) is 0 Å². The third kappa shape index (κ3) is 4.21. The summed E-state index contributed by atoms with van der Waals surface area (Å²) in [4.78, 5) is 16.9. The molecule has 2 saturated carbocycles. The van der Waals surface area contributed by atoms with Crippen molar-refractivity contribution in [2.24, 2.45) is 17.8 Å². The van der Waals surface area contributed by atoms with Gasteiger partial charge in [-0.25, -0.2) is 0 Å². The van der Waals surface area contributed by atoms with Gasteiger partial charge in [-0.2, -0.15) is 0 Å². The number of amides is 1. The van der Waals surface area contributed by atoms with Crippen molar-refractivity contribution in [2.45, 2.75) is 52.0 Å². The van der Waals surface area contributed by atoms with Crippen LogP contribution in [0.4, 0.5) is 0 Å². The van der Waals surface area contributed by atoms with Crippen molar-refractivity contribution in [3.05, 3.63) is 89.2 Å². The Balaban J connectivity index is 1.21. The van der Waals surface area contributed by atoms with Crippen molar-refractivity contribution in [3.63, 3.8) is 0 Å². The standard InChI is InChI=1S/C29H32N2O/c1-19-15-24(18-30-17-19)29(32)31-28-14-13-26-23(11-12-27(26)28)16-21-7-9-22(10-8-21)25-6-4-3-5-20(25)2/h3-10,15,17-18,23,26-28H,11-14,16H2,1-2H3,(H,31,32)/t23?,26-,27+,28-/m0/s1. The third-order valence-corrected chi connectivity index (χ3v) is 7.72. The van der Waals surface area contributed by atoms with Gasteiger partial charge in [-0.1, -0.05) is 48.5 Å². The van der Waals surface area contributed by atoms with Crippen LogP contribution in [0.1, 0.15) is 52.7 Å². The van der Waals surface area contributed by atoms with Crippen LogP contribution < -0.4 is 5.32 Å². The molecule has 2 aliphatic rings. The number of pyridine rings is 1. The maximum absolute atomic E-state index is 12.7. The van der Waals surface area contributed by atoms with Crippen molar-refractivity contribution in [3.8, 4) is 11.1 Å². The van der Waals surface area contributed by atoms with E-state index in [0.717, 1.165) is 30.2 Å². The van der Waals surface area contributed by atoms with Crippen molar-refractivity contribution in [1.82, 2.24) is 10.3 Å². The number of benzene rings is 2. The van der Waals surface area contributed by atoms with Crippen molar-refractivity contribution in [2.75, 3.05) is 0 Å². The largest absolute Gasteiger partial charge is 0.349 e. The first kappa shape index (κ1) is 20.9. The Hall–Kier alpha value is -2.94. The van der Waals surface area contributed by atoms with Gasteiger partial charge in [-0.05, 0) is 97.6 Å². The molecule has 0 saturated heterocycles. The molecular weight excluding hydrogens is 392 g/mol. The summed E-state index contributed by atoms with van der Waals surface area (Å²) in [6, 6.07) is 20.0. The molecule has 3 heteroatoms. The number of rotatable bonds is 5. The first-order chi connectivity index (χ1) is 15.6. The van der Waals surface area contributed by atoms with Crippen molar-refractivity contribution >= 4 is 5.91 Å². The van der Waals surface area contributed by atoms with E-state index in [1.165, 1.54) is 41.5 Å². The maximum Gasteiger partial charge on any atom is 0.253 e. The molecule has 1 unspecified atom stereocenters. The average molecular weight is 425 g/mol. The van der Waals surface area contributed by atoms with Crippen LogP contribution in [-0.4, -0.2) is 16.9 Å². The van der Waals surface area contributed by atoms with Gasteiger partial charge in [0.1, 0.15) is 0 Å². The number of hydrogen-bond acceptors (Lipinski definition) is 2. The Bertz CT molecular complexity index is 1100. The van der Waals surface area contributed by atoms with Gasteiger partial charge in [-0.3, -0.25) is 9.78 Å². The highest BCUT2D eigenvalue weighted by molar-refractivity contribution is 5.94. The monoisotopic (exact) mass is 424 g/mol. The fourth-order valence-corrected chi connectivity index (χ4v) is 6.10. The Morgan fingerprint density at radius 2 is 1.72 bits per heavy atom. The molecule has 2 fully saturated rings. The first-order valence-corrected chi connectivity index (χ1v) is 12.0. The Morgan fingerprint density at radius 3 is 2.50 bits per heavy atom. The van der Waals surface area contributed by atoms with E-state index in [1.54, 1.807) is 12.4 Å². The Labute approximate surface area is 191 Å². The fourth-order valence-electron chi connectivity index (χ4n) is 6.10. The van der Waals surface area contributed by atoms with Gasteiger partial charge in [-0.15, -0.1) is 0 Å². The summed E-state index contributed by atoms with van der Waals surface area (Å²) in [5.41, 5.74) is 7.07. The van der Waals surface area contributed by atoms with Gasteiger partial charge in [0.2, 0.25) is 0 Å². The summed E-state index contributed by atoms with van der Waals surface area (Å²) in [5, 5.41) is 3.33. The molecular formula is C29H32N2O. The Kier molecular flexibility index (Phi) is 5.82. The molecule has 0 aliphatic heterocycles. The number of carbonyl (C=O) groups is 1. The van der Waals surface area contributed by atoms with Crippen LogP contribution in [0.5, 0.6) is 0 Å². The zero-order valence-electron chi connectivity index (χ0n) is 19.1. The molecule has 0 spiro atoms. The molecule has 0 bridgehead atoms. The summed E-state index contributed by atoms with van der Waals surface area (Å²) < 4.78 is 0. The van der Waals surface area contributed by atoms with Crippen LogP contribution in [0, 0.1) is 31.6 Å². The highest BCUT2D eigenvalue weighted by Crippen LogP contribution is 2.49. The summed E-state index contributed by atoms with van der Waals surface area (Å²) >= 11 is 0. The quantitative estimate of drug-likeness (QED) is 0.534. The predicted molar refractivity (Wildman–Crippen MR) is 129 cm³/mol.